The molecule has 1 fully saturated rings. The molecule has 0 bridgehead atoms. The average molecular weight is 660 g/mol. The first-order valence-corrected chi connectivity index (χ1v) is 17.3. The lowest BCUT2D eigenvalue weighted by Crippen LogP contribution is -2.46. The molecule has 1 amide bonds. The smallest absolute Gasteiger partial charge is 0.411 e. The summed E-state index contributed by atoms with van der Waals surface area (Å²) < 4.78 is 35.4. The molecule has 1 aliphatic heterocycles. The van der Waals surface area contributed by atoms with Gasteiger partial charge >= 0.3 is 12.1 Å². The Morgan fingerprint density at radius 1 is 1.09 bits per heavy atom. The predicted molar refractivity (Wildman–Crippen MR) is 175 cm³/mol. The van der Waals surface area contributed by atoms with Crippen LogP contribution in [-0.2, 0) is 14.8 Å². The molecule has 1 aromatic heterocycles. The number of benzene rings is 2. The molecule has 44 heavy (non-hydrogen) atoms. The fourth-order valence-corrected chi connectivity index (χ4v) is 8.81. The molecule has 2 aromatic carbocycles. The lowest BCUT2D eigenvalue weighted by molar-refractivity contribution is 0.0703. The van der Waals surface area contributed by atoms with Crippen molar-refractivity contribution in [3.05, 3.63) is 58.4 Å². The largest absolute Gasteiger partial charge is 0.477 e. The summed E-state index contributed by atoms with van der Waals surface area (Å²) in [5.41, 5.74) is 1.45. The number of hydrogen-bond donors (Lipinski definition) is 2. The number of carbonyl (C=O) groups excluding carboxylic acids is 1. The molecule has 0 unspecified atom stereocenters. The Labute approximate surface area is 267 Å². The van der Waals surface area contributed by atoms with E-state index in [1.807, 2.05) is 56.0 Å². The van der Waals surface area contributed by atoms with Crippen LogP contribution in [0.3, 0.4) is 0 Å². The van der Waals surface area contributed by atoms with Crippen LogP contribution >= 0.6 is 22.9 Å². The number of halogens is 1. The summed E-state index contributed by atoms with van der Waals surface area (Å²) >= 11 is 7.78. The number of anilines is 3. The Kier molecular flexibility index (Phi) is 9.32. The Morgan fingerprint density at radius 3 is 2.41 bits per heavy atom. The van der Waals surface area contributed by atoms with Gasteiger partial charge in [-0.05, 0) is 54.5 Å². The van der Waals surface area contributed by atoms with Crippen molar-refractivity contribution in [1.29, 1.82) is 0 Å². The molecule has 9 nitrogen and oxygen atoms in total. The van der Waals surface area contributed by atoms with Crippen LogP contribution in [0.15, 0.2) is 53.4 Å². The molecule has 0 saturated heterocycles. The van der Waals surface area contributed by atoms with Crippen LogP contribution in [0.2, 0.25) is 5.02 Å². The zero-order valence-electron chi connectivity index (χ0n) is 25.3. The number of rotatable bonds is 6. The highest BCUT2D eigenvalue weighted by Crippen LogP contribution is 2.46. The van der Waals surface area contributed by atoms with Gasteiger partial charge in [-0.2, -0.15) is 4.31 Å². The summed E-state index contributed by atoms with van der Waals surface area (Å²) in [5, 5.41) is 12.7. The molecule has 236 valence electrons. The number of carbonyl (C=O) groups is 2. The number of ether oxygens (including phenoxy) is 1. The number of carboxylic acids is 1. The molecule has 12 heteroatoms. The first kappa shape index (κ1) is 32.3. The number of hydrogen-bond acceptors (Lipinski definition) is 7. The number of thiophene rings is 1. The van der Waals surface area contributed by atoms with E-state index < -0.39 is 22.1 Å². The van der Waals surface area contributed by atoms with E-state index in [-0.39, 0.29) is 44.5 Å². The molecule has 0 radical (unpaired) electrons. The molecule has 2 heterocycles. The van der Waals surface area contributed by atoms with Gasteiger partial charge in [-0.1, -0.05) is 69.8 Å². The molecular formula is C32H38ClN3O6S2. The van der Waals surface area contributed by atoms with E-state index in [1.165, 1.54) is 16.4 Å². The van der Waals surface area contributed by atoms with Gasteiger partial charge in [0.25, 0.3) is 0 Å². The summed E-state index contributed by atoms with van der Waals surface area (Å²) in [6.07, 6.45) is 4.47. The summed E-state index contributed by atoms with van der Waals surface area (Å²) in [6, 6.07) is 14.1. The lowest BCUT2D eigenvalue weighted by atomic mass is 9.83. The van der Waals surface area contributed by atoms with Crippen LogP contribution in [0, 0.1) is 11.3 Å². The van der Waals surface area contributed by atoms with E-state index >= 15 is 0 Å². The molecule has 1 atom stereocenters. The molecule has 0 spiro atoms. The SMILES string of the molecule is CN1[C@H](C2CCCCC2)CN(c2ccccc2)c2cc(Cl)c(-c3cc(NC(=O)OCC(C)(C)C)c(C(=O)O)s3)cc2S1(=O)=O. The molecule has 2 N–H and O–H groups in total. The highest BCUT2D eigenvalue weighted by molar-refractivity contribution is 7.89. The number of fused-ring (bicyclic) bond motifs is 1. The van der Waals surface area contributed by atoms with E-state index in [1.54, 1.807) is 13.1 Å². The molecule has 1 saturated carbocycles. The summed E-state index contributed by atoms with van der Waals surface area (Å²) in [6.45, 7) is 6.34. The van der Waals surface area contributed by atoms with Gasteiger partial charge in [0.15, 0.2) is 0 Å². The van der Waals surface area contributed by atoms with E-state index in [0.29, 0.717) is 22.7 Å². The van der Waals surface area contributed by atoms with Gasteiger partial charge in [-0.15, -0.1) is 11.3 Å². The third-order valence-corrected chi connectivity index (χ3v) is 11.5. The summed E-state index contributed by atoms with van der Waals surface area (Å²) in [7, 11) is -2.32. The number of amides is 1. The predicted octanol–water partition coefficient (Wildman–Crippen LogP) is 8.08. The van der Waals surface area contributed by atoms with Crippen molar-refractivity contribution in [2.45, 2.75) is 63.8 Å². The van der Waals surface area contributed by atoms with Gasteiger partial charge in [0.2, 0.25) is 10.0 Å². The van der Waals surface area contributed by atoms with Crippen molar-refractivity contribution in [2.24, 2.45) is 11.3 Å². The fourth-order valence-electron chi connectivity index (χ4n) is 5.90. The van der Waals surface area contributed by atoms with Crippen LogP contribution in [0.5, 0.6) is 0 Å². The Balaban J connectivity index is 1.60. The number of aromatic carboxylic acids is 1. The molecule has 1 aliphatic carbocycles. The van der Waals surface area contributed by atoms with Crippen LogP contribution in [0.25, 0.3) is 10.4 Å². The number of sulfonamides is 1. The number of nitrogens with one attached hydrogen (secondary N) is 1. The van der Waals surface area contributed by atoms with Gasteiger partial charge in [0.1, 0.15) is 9.77 Å². The quantitative estimate of drug-likeness (QED) is 0.275. The minimum Gasteiger partial charge on any atom is -0.477 e. The first-order chi connectivity index (χ1) is 20.8. The van der Waals surface area contributed by atoms with Gasteiger partial charge in [0, 0.05) is 35.8 Å². The molecule has 2 aliphatic rings. The van der Waals surface area contributed by atoms with Gasteiger partial charge < -0.3 is 14.7 Å². The van der Waals surface area contributed by atoms with Crippen molar-refractivity contribution in [3.8, 4) is 10.4 Å². The zero-order chi connectivity index (χ0) is 31.8. The highest BCUT2D eigenvalue weighted by atomic mass is 35.5. The average Bonchev–Trinajstić information content (AvgIpc) is 3.37. The lowest BCUT2D eigenvalue weighted by Gasteiger charge is -2.36. The molecule has 3 aromatic rings. The topological polar surface area (TPSA) is 116 Å². The molecular weight excluding hydrogens is 622 g/mol. The highest BCUT2D eigenvalue weighted by Gasteiger charge is 2.41. The number of nitrogens with zero attached hydrogens (tertiary/aromatic N) is 2. The van der Waals surface area contributed by atoms with E-state index in [4.69, 9.17) is 16.3 Å². The maximum Gasteiger partial charge on any atom is 0.411 e. The van der Waals surface area contributed by atoms with E-state index in [9.17, 15) is 23.1 Å². The second-order valence-electron chi connectivity index (χ2n) is 12.7. The maximum atomic E-state index is 14.3. The fraction of sp³-hybridized carbons (Fsp3) is 0.438. The van der Waals surface area contributed by atoms with Crippen LogP contribution in [0.4, 0.5) is 21.9 Å². The van der Waals surface area contributed by atoms with Crippen molar-refractivity contribution in [3.63, 3.8) is 0 Å². The first-order valence-electron chi connectivity index (χ1n) is 14.7. The normalized spacial score (nSPS) is 19.2. The Hall–Kier alpha value is -3.12. The second kappa shape index (κ2) is 12.7. The minimum absolute atomic E-state index is 0.0469. The van der Waals surface area contributed by atoms with Gasteiger partial charge in [-0.3, -0.25) is 5.32 Å². The van der Waals surface area contributed by atoms with Crippen LogP contribution < -0.4 is 10.2 Å². The second-order valence-corrected chi connectivity index (χ2v) is 16.1. The summed E-state index contributed by atoms with van der Waals surface area (Å²) in [4.78, 5) is 27.0. The summed E-state index contributed by atoms with van der Waals surface area (Å²) in [5.74, 6) is -1.02. The standard InChI is InChI=1S/C32H38ClN3O6S2/c1-32(2,3)19-42-31(39)34-24-17-27(43-29(24)30(37)38)22-15-28-25(16-23(22)33)36(21-13-9-6-10-14-21)18-26(35(4)44(28,40)41)20-11-7-5-8-12-20/h6,9-10,13-17,20,26H,5,7-8,11-12,18-19H2,1-4H3,(H,34,39)(H,37,38)/t26-/m0/s1. The van der Waals surface area contributed by atoms with E-state index in [0.717, 1.165) is 49.1 Å². The van der Waals surface area contributed by atoms with Crippen molar-refractivity contribution in [1.82, 2.24) is 4.31 Å². The van der Waals surface area contributed by atoms with Crippen LogP contribution in [-0.4, -0.2) is 56.1 Å². The van der Waals surface area contributed by atoms with Gasteiger partial charge in [-0.25, -0.2) is 18.0 Å². The van der Waals surface area contributed by atoms with Crippen molar-refractivity contribution >= 4 is 62.1 Å². The zero-order valence-corrected chi connectivity index (χ0v) is 27.7. The number of para-hydroxylation sites is 1. The maximum absolute atomic E-state index is 14.3. The molecule has 5 rings (SSSR count). The van der Waals surface area contributed by atoms with Crippen molar-refractivity contribution < 1.29 is 27.9 Å². The Morgan fingerprint density at radius 2 is 1.77 bits per heavy atom. The third-order valence-electron chi connectivity index (χ3n) is 8.16. The van der Waals surface area contributed by atoms with E-state index in [2.05, 4.69) is 5.32 Å². The number of carboxylic acid groups (broad SMARTS) is 1. The number of likely N-dealkylation sites (N-methyl/N-ethyl adjacent to an activating group) is 1. The van der Waals surface area contributed by atoms with Crippen molar-refractivity contribution in [2.75, 3.05) is 30.4 Å². The minimum atomic E-state index is -3.97. The van der Waals surface area contributed by atoms with Crippen LogP contribution in [0.1, 0.15) is 62.5 Å². The monoisotopic (exact) mass is 659 g/mol. The third kappa shape index (κ3) is 6.75. The Bertz CT molecular complexity index is 1650. The van der Waals surface area contributed by atoms with Gasteiger partial charge in [0.05, 0.1) is 23.0 Å².